The van der Waals surface area contributed by atoms with E-state index in [9.17, 15) is 24.6 Å². The van der Waals surface area contributed by atoms with Crippen molar-refractivity contribution in [3.05, 3.63) is 58.1 Å². The maximum atomic E-state index is 12.4. The van der Waals surface area contributed by atoms with Crippen molar-refractivity contribution < 1.29 is 29.7 Å². The van der Waals surface area contributed by atoms with E-state index in [4.69, 9.17) is 5.11 Å². The van der Waals surface area contributed by atoms with Crippen LogP contribution in [0.1, 0.15) is 42.2 Å². The number of hydrogen-bond acceptors (Lipinski definition) is 5. The highest BCUT2D eigenvalue weighted by Crippen LogP contribution is 2.40. The molecule has 3 N–H and O–H groups in total. The Morgan fingerprint density at radius 2 is 1.43 bits per heavy atom. The monoisotopic (exact) mass is 284 g/mol. The van der Waals surface area contributed by atoms with Crippen LogP contribution in [0.15, 0.2) is 30.3 Å². The fraction of sp³-hybridized carbons (Fsp3) is 0. The highest BCUT2D eigenvalue weighted by atomic mass is 16.4. The lowest BCUT2D eigenvalue weighted by Crippen LogP contribution is -2.24. The molecule has 0 unspecified atom stereocenters. The molecule has 6 nitrogen and oxygen atoms in total. The summed E-state index contributed by atoms with van der Waals surface area (Å²) in [5.74, 6) is -4.39. The molecule has 0 heterocycles. The molecule has 0 atom stereocenters. The standard InChI is InChI=1S/C15H8O6/c16-9-5-8(15(20)21)10-11(14(9)19)13(18)7-4-2-1-3-6(7)12(10)17/h1-5,16,19H,(H,20,21). The predicted octanol–water partition coefficient (Wildman–Crippen LogP) is 1.57. The van der Waals surface area contributed by atoms with Crippen LogP contribution in [0.25, 0.3) is 0 Å². The van der Waals surface area contributed by atoms with Gasteiger partial charge in [0.1, 0.15) is 0 Å². The van der Waals surface area contributed by atoms with E-state index in [0.29, 0.717) is 0 Å². The summed E-state index contributed by atoms with van der Waals surface area (Å²) in [5.41, 5.74) is -1.26. The summed E-state index contributed by atoms with van der Waals surface area (Å²) in [6.07, 6.45) is 0. The molecular weight excluding hydrogens is 276 g/mol. The number of carboxylic acids is 1. The number of aromatic hydroxyl groups is 2. The third-order valence-corrected chi connectivity index (χ3v) is 3.38. The van der Waals surface area contributed by atoms with Gasteiger partial charge >= 0.3 is 5.97 Å². The van der Waals surface area contributed by atoms with Crippen molar-refractivity contribution >= 4 is 17.5 Å². The number of phenols is 2. The van der Waals surface area contributed by atoms with Gasteiger partial charge in [-0.05, 0) is 6.07 Å². The molecular formula is C15H8O6. The van der Waals surface area contributed by atoms with Crippen molar-refractivity contribution in [1.82, 2.24) is 0 Å². The zero-order valence-electron chi connectivity index (χ0n) is 10.5. The minimum atomic E-state index is -1.47. The Balaban J connectivity index is 2.45. The molecule has 0 amide bonds. The third kappa shape index (κ3) is 1.62. The van der Waals surface area contributed by atoms with E-state index in [0.717, 1.165) is 6.07 Å². The van der Waals surface area contributed by atoms with Crippen LogP contribution in [0, 0.1) is 0 Å². The van der Waals surface area contributed by atoms with E-state index in [1.165, 1.54) is 12.1 Å². The fourth-order valence-electron chi connectivity index (χ4n) is 2.43. The van der Waals surface area contributed by atoms with Gasteiger partial charge < -0.3 is 15.3 Å². The zero-order chi connectivity index (χ0) is 15.3. The first-order valence-electron chi connectivity index (χ1n) is 5.94. The van der Waals surface area contributed by atoms with Crippen molar-refractivity contribution in [2.75, 3.05) is 0 Å². The van der Waals surface area contributed by atoms with Crippen molar-refractivity contribution in [3.63, 3.8) is 0 Å². The van der Waals surface area contributed by atoms with Crippen molar-refractivity contribution in [2.45, 2.75) is 0 Å². The van der Waals surface area contributed by atoms with Gasteiger partial charge in [0, 0.05) is 11.1 Å². The Labute approximate surface area is 117 Å². The lowest BCUT2D eigenvalue weighted by Gasteiger charge is -2.20. The molecule has 0 aromatic heterocycles. The second kappa shape index (κ2) is 4.17. The van der Waals surface area contributed by atoms with E-state index < -0.39 is 45.7 Å². The molecule has 0 spiro atoms. The molecule has 0 radical (unpaired) electrons. The van der Waals surface area contributed by atoms with Crippen LogP contribution in [0.5, 0.6) is 11.5 Å². The second-order valence-electron chi connectivity index (χ2n) is 4.55. The van der Waals surface area contributed by atoms with Gasteiger partial charge in [0.05, 0.1) is 16.7 Å². The number of carboxylic acid groups (broad SMARTS) is 1. The number of phenolic OH excluding ortho intramolecular Hbond substituents is 2. The lowest BCUT2D eigenvalue weighted by atomic mass is 9.81. The summed E-state index contributed by atoms with van der Waals surface area (Å²) in [6.45, 7) is 0. The molecule has 0 aliphatic heterocycles. The maximum Gasteiger partial charge on any atom is 0.336 e. The van der Waals surface area contributed by atoms with Crippen LogP contribution in [0.4, 0.5) is 0 Å². The number of fused-ring (bicyclic) bond motifs is 2. The SMILES string of the molecule is O=C(O)c1cc(O)c(O)c2c1C(=O)c1ccccc1C2=O. The number of carbonyl (C=O) groups is 3. The average Bonchev–Trinajstić information content (AvgIpc) is 2.47. The molecule has 1 aliphatic carbocycles. The van der Waals surface area contributed by atoms with E-state index in [-0.39, 0.29) is 11.1 Å². The average molecular weight is 284 g/mol. The third-order valence-electron chi connectivity index (χ3n) is 3.38. The van der Waals surface area contributed by atoms with E-state index in [1.54, 1.807) is 12.1 Å². The van der Waals surface area contributed by atoms with Gasteiger partial charge in [0.2, 0.25) is 0 Å². The molecule has 6 heteroatoms. The molecule has 0 fully saturated rings. The van der Waals surface area contributed by atoms with Crippen LogP contribution in [-0.2, 0) is 0 Å². The van der Waals surface area contributed by atoms with Gasteiger partial charge in [-0.3, -0.25) is 9.59 Å². The summed E-state index contributed by atoms with van der Waals surface area (Å²) in [6, 6.07) is 6.68. The van der Waals surface area contributed by atoms with Gasteiger partial charge in [0.15, 0.2) is 23.1 Å². The Hall–Kier alpha value is -3.15. The largest absolute Gasteiger partial charge is 0.504 e. The summed E-state index contributed by atoms with van der Waals surface area (Å²) >= 11 is 0. The zero-order valence-corrected chi connectivity index (χ0v) is 10.5. The molecule has 104 valence electrons. The van der Waals surface area contributed by atoms with E-state index in [2.05, 4.69) is 0 Å². The van der Waals surface area contributed by atoms with Gasteiger partial charge in [-0.25, -0.2) is 4.79 Å². The molecule has 1 aliphatic rings. The first-order valence-corrected chi connectivity index (χ1v) is 5.94. The van der Waals surface area contributed by atoms with Crippen LogP contribution in [-0.4, -0.2) is 32.9 Å². The molecule has 21 heavy (non-hydrogen) atoms. The minimum Gasteiger partial charge on any atom is -0.504 e. The van der Waals surface area contributed by atoms with E-state index in [1.807, 2.05) is 0 Å². The Kier molecular flexibility index (Phi) is 2.56. The Morgan fingerprint density at radius 1 is 0.905 bits per heavy atom. The molecule has 3 rings (SSSR count). The predicted molar refractivity (Wildman–Crippen MR) is 70.0 cm³/mol. The smallest absolute Gasteiger partial charge is 0.336 e. The molecule has 0 saturated heterocycles. The lowest BCUT2D eigenvalue weighted by molar-refractivity contribution is 0.0692. The minimum absolute atomic E-state index is 0.0623. The second-order valence-corrected chi connectivity index (χ2v) is 4.55. The number of carbonyl (C=O) groups excluding carboxylic acids is 2. The number of rotatable bonds is 1. The quantitative estimate of drug-likeness (QED) is 0.585. The summed E-state index contributed by atoms with van der Waals surface area (Å²) < 4.78 is 0. The normalized spacial score (nSPS) is 12.8. The first-order chi connectivity index (χ1) is 9.93. The van der Waals surface area contributed by atoms with Crippen LogP contribution in [0.3, 0.4) is 0 Å². The number of hydrogen-bond donors (Lipinski definition) is 3. The van der Waals surface area contributed by atoms with Crippen LogP contribution < -0.4 is 0 Å². The van der Waals surface area contributed by atoms with E-state index >= 15 is 0 Å². The van der Waals surface area contributed by atoms with Gasteiger partial charge in [0.25, 0.3) is 0 Å². The molecule has 2 aromatic rings. The Morgan fingerprint density at radius 3 is 1.95 bits per heavy atom. The number of aromatic carboxylic acids is 1. The highest BCUT2D eigenvalue weighted by molar-refractivity contribution is 6.31. The summed E-state index contributed by atoms with van der Waals surface area (Å²) in [7, 11) is 0. The van der Waals surface area contributed by atoms with Crippen molar-refractivity contribution in [3.8, 4) is 11.5 Å². The number of benzene rings is 2. The van der Waals surface area contributed by atoms with Crippen molar-refractivity contribution in [2.24, 2.45) is 0 Å². The van der Waals surface area contributed by atoms with Crippen LogP contribution in [0.2, 0.25) is 0 Å². The molecule has 2 aromatic carbocycles. The molecule has 0 saturated carbocycles. The van der Waals surface area contributed by atoms with Crippen LogP contribution >= 0.6 is 0 Å². The topological polar surface area (TPSA) is 112 Å². The first kappa shape index (κ1) is 12.9. The fourth-order valence-corrected chi connectivity index (χ4v) is 2.43. The van der Waals surface area contributed by atoms with Crippen molar-refractivity contribution in [1.29, 1.82) is 0 Å². The maximum absolute atomic E-state index is 12.4. The van der Waals surface area contributed by atoms with Gasteiger partial charge in [-0.1, -0.05) is 24.3 Å². The summed E-state index contributed by atoms with van der Waals surface area (Å²) in [4.78, 5) is 36.1. The highest BCUT2D eigenvalue weighted by Gasteiger charge is 2.36. The molecule has 0 bridgehead atoms. The number of ketones is 2. The Bertz CT molecular complexity index is 834. The van der Waals surface area contributed by atoms with Gasteiger partial charge in [-0.2, -0.15) is 0 Å². The summed E-state index contributed by atoms with van der Waals surface area (Å²) in [5, 5.41) is 28.6. The van der Waals surface area contributed by atoms with Gasteiger partial charge in [-0.15, -0.1) is 0 Å².